The largest absolute Gasteiger partial charge is 0.491 e. The van der Waals surface area contributed by atoms with Crippen molar-refractivity contribution in [2.45, 2.75) is 19.4 Å². The second-order valence-electron chi connectivity index (χ2n) is 6.93. The number of benzene rings is 1. The first kappa shape index (κ1) is 22.7. The summed E-state index contributed by atoms with van der Waals surface area (Å²) in [4.78, 5) is 53.4. The number of amides is 2. The number of carbonyl (C=O) groups is 3. The summed E-state index contributed by atoms with van der Waals surface area (Å²) < 4.78 is 10.5. The Morgan fingerprint density at radius 2 is 2.19 bits per heavy atom. The molecule has 3 rings (SSSR count). The second-order valence-corrected chi connectivity index (χ2v) is 6.93. The summed E-state index contributed by atoms with van der Waals surface area (Å²) in [7, 11) is 0. The lowest BCUT2D eigenvalue weighted by Crippen LogP contribution is -2.43. The maximum atomic E-state index is 12.9. The van der Waals surface area contributed by atoms with E-state index >= 15 is 0 Å². The topological polar surface area (TPSA) is 141 Å². The Morgan fingerprint density at radius 1 is 1.38 bits per heavy atom. The van der Waals surface area contributed by atoms with Crippen LogP contribution in [0.4, 0.5) is 5.69 Å². The molecule has 1 aliphatic rings. The lowest BCUT2D eigenvalue weighted by molar-refractivity contribution is -0.384. The van der Waals surface area contributed by atoms with Gasteiger partial charge in [0.1, 0.15) is 12.4 Å². The van der Waals surface area contributed by atoms with Gasteiger partial charge in [-0.25, -0.2) is 0 Å². The first-order valence-electron chi connectivity index (χ1n) is 9.94. The van der Waals surface area contributed by atoms with Gasteiger partial charge in [0.25, 0.3) is 11.6 Å². The van der Waals surface area contributed by atoms with Crippen molar-refractivity contribution >= 4 is 23.5 Å². The number of ether oxygens (including phenoxy) is 2. The molecule has 1 aliphatic heterocycles. The molecule has 32 heavy (non-hydrogen) atoms. The molecule has 2 amide bonds. The lowest BCUT2D eigenvalue weighted by Gasteiger charge is -2.22. The highest BCUT2D eigenvalue weighted by atomic mass is 16.6. The fraction of sp³-hybridized carbons (Fsp3) is 0.333. The SMILES string of the molecule is CCOC(=O)C[C@H](NC(=O)CN1CCOc2ccc([N+](=O)[O-])cc2C1=O)c1cccnc1. The number of nitrogens with one attached hydrogen (secondary N) is 1. The smallest absolute Gasteiger partial charge is 0.308 e. The standard InChI is InChI=1S/C21H22N4O7/c1-2-31-20(27)11-17(14-4-3-7-22-12-14)23-19(26)13-24-8-9-32-18-6-5-15(25(29)30)10-16(18)21(24)28/h3-7,10,12,17H,2,8-9,11,13H2,1H3,(H,23,26)/t17-/m0/s1. The van der Waals surface area contributed by atoms with Crippen molar-refractivity contribution in [2.75, 3.05) is 26.3 Å². The molecule has 11 nitrogen and oxygen atoms in total. The van der Waals surface area contributed by atoms with Crippen LogP contribution in [-0.4, -0.2) is 58.9 Å². The third-order valence-corrected chi connectivity index (χ3v) is 4.74. The van der Waals surface area contributed by atoms with Gasteiger partial charge in [-0.2, -0.15) is 0 Å². The molecule has 2 heterocycles. The third-order valence-electron chi connectivity index (χ3n) is 4.74. The summed E-state index contributed by atoms with van der Waals surface area (Å²) in [5, 5.41) is 13.8. The fourth-order valence-corrected chi connectivity index (χ4v) is 3.25. The minimum Gasteiger partial charge on any atom is -0.491 e. The fourth-order valence-electron chi connectivity index (χ4n) is 3.25. The van der Waals surface area contributed by atoms with Crippen LogP contribution >= 0.6 is 0 Å². The quantitative estimate of drug-likeness (QED) is 0.369. The predicted octanol–water partition coefficient (Wildman–Crippen LogP) is 1.64. The van der Waals surface area contributed by atoms with Gasteiger partial charge in [0.2, 0.25) is 5.91 Å². The van der Waals surface area contributed by atoms with Gasteiger partial charge in [0.15, 0.2) is 0 Å². The molecule has 0 fully saturated rings. The number of esters is 1. The molecule has 0 saturated carbocycles. The van der Waals surface area contributed by atoms with Crippen molar-refractivity contribution in [3.8, 4) is 5.75 Å². The van der Waals surface area contributed by atoms with Gasteiger partial charge < -0.3 is 19.7 Å². The molecule has 0 spiro atoms. The molecule has 0 aliphatic carbocycles. The van der Waals surface area contributed by atoms with Crippen molar-refractivity contribution in [1.29, 1.82) is 0 Å². The molecule has 0 radical (unpaired) electrons. The zero-order valence-corrected chi connectivity index (χ0v) is 17.4. The van der Waals surface area contributed by atoms with Crippen molar-refractivity contribution in [2.24, 2.45) is 0 Å². The van der Waals surface area contributed by atoms with Gasteiger partial charge >= 0.3 is 5.97 Å². The Hall–Kier alpha value is -4.02. The van der Waals surface area contributed by atoms with Crippen LogP contribution in [0.2, 0.25) is 0 Å². The summed E-state index contributed by atoms with van der Waals surface area (Å²) in [6, 6.07) is 6.46. The average Bonchev–Trinajstić information content (AvgIpc) is 2.92. The molecule has 0 unspecified atom stereocenters. The number of nitro groups is 1. The number of carbonyl (C=O) groups excluding carboxylic acids is 3. The van der Waals surface area contributed by atoms with E-state index in [1.807, 2.05) is 0 Å². The lowest BCUT2D eigenvalue weighted by atomic mass is 10.1. The molecule has 1 aromatic heterocycles. The molecule has 168 valence electrons. The van der Waals surface area contributed by atoms with Crippen LogP contribution in [0.1, 0.15) is 35.3 Å². The van der Waals surface area contributed by atoms with Crippen LogP contribution < -0.4 is 10.1 Å². The summed E-state index contributed by atoms with van der Waals surface area (Å²) in [5.74, 6) is -1.33. The molecule has 1 N–H and O–H groups in total. The molecule has 11 heteroatoms. The van der Waals surface area contributed by atoms with E-state index < -0.39 is 28.7 Å². The maximum Gasteiger partial charge on any atom is 0.308 e. The van der Waals surface area contributed by atoms with Crippen molar-refractivity contribution in [3.05, 3.63) is 64.0 Å². The van der Waals surface area contributed by atoms with Gasteiger partial charge in [-0.05, 0) is 24.6 Å². The van der Waals surface area contributed by atoms with E-state index in [1.165, 1.54) is 23.2 Å². The monoisotopic (exact) mass is 442 g/mol. The number of non-ortho nitro benzene ring substituents is 1. The Balaban J connectivity index is 1.74. The third kappa shape index (κ3) is 5.56. The van der Waals surface area contributed by atoms with Gasteiger partial charge in [-0.1, -0.05) is 6.07 Å². The number of hydrogen-bond acceptors (Lipinski definition) is 8. The average molecular weight is 442 g/mol. The Labute approximate surface area is 183 Å². The Bertz CT molecular complexity index is 1010. The maximum absolute atomic E-state index is 12.9. The zero-order chi connectivity index (χ0) is 23.1. The summed E-state index contributed by atoms with van der Waals surface area (Å²) >= 11 is 0. The number of pyridine rings is 1. The van der Waals surface area contributed by atoms with Gasteiger partial charge in [-0.15, -0.1) is 0 Å². The normalized spacial score (nSPS) is 13.9. The number of nitrogens with zero attached hydrogens (tertiary/aromatic N) is 3. The van der Waals surface area contributed by atoms with E-state index in [-0.39, 0.29) is 49.7 Å². The van der Waals surface area contributed by atoms with E-state index in [2.05, 4.69) is 10.3 Å². The van der Waals surface area contributed by atoms with Crippen molar-refractivity contribution < 1.29 is 28.8 Å². The van der Waals surface area contributed by atoms with Gasteiger partial charge in [0.05, 0.1) is 42.6 Å². The van der Waals surface area contributed by atoms with Crippen LogP contribution in [0.25, 0.3) is 0 Å². The van der Waals surface area contributed by atoms with Gasteiger partial charge in [-0.3, -0.25) is 29.5 Å². The highest BCUT2D eigenvalue weighted by Crippen LogP contribution is 2.27. The molecule has 0 saturated heterocycles. The summed E-state index contributed by atoms with van der Waals surface area (Å²) in [6.45, 7) is 1.82. The second kappa shape index (κ2) is 10.3. The molecule has 2 aromatic rings. The van der Waals surface area contributed by atoms with Crippen molar-refractivity contribution in [3.63, 3.8) is 0 Å². The first-order chi connectivity index (χ1) is 15.4. The molecular formula is C21H22N4O7. The highest BCUT2D eigenvalue weighted by molar-refractivity contribution is 5.99. The van der Waals surface area contributed by atoms with Gasteiger partial charge in [0, 0.05) is 24.5 Å². The highest BCUT2D eigenvalue weighted by Gasteiger charge is 2.28. The number of nitro benzene ring substituents is 1. The van der Waals surface area contributed by atoms with Crippen LogP contribution in [-0.2, 0) is 14.3 Å². The number of rotatable bonds is 8. The number of aromatic nitrogens is 1. The van der Waals surface area contributed by atoms with E-state index in [1.54, 1.807) is 25.3 Å². The molecule has 1 atom stereocenters. The summed E-state index contributed by atoms with van der Waals surface area (Å²) in [5.41, 5.74) is 0.373. The van der Waals surface area contributed by atoms with Crippen LogP contribution in [0.3, 0.4) is 0 Å². The summed E-state index contributed by atoms with van der Waals surface area (Å²) in [6.07, 6.45) is 3.00. The van der Waals surface area contributed by atoms with E-state index in [0.717, 1.165) is 6.07 Å². The van der Waals surface area contributed by atoms with Crippen LogP contribution in [0, 0.1) is 10.1 Å². The van der Waals surface area contributed by atoms with Crippen LogP contribution in [0.5, 0.6) is 5.75 Å². The molecular weight excluding hydrogens is 420 g/mol. The molecule has 1 aromatic carbocycles. The minimum absolute atomic E-state index is 0.0137. The Kier molecular flexibility index (Phi) is 7.32. The Morgan fingerprint density at radius 3 is 2.88 bits per heavy atom. The van der Waals surface area contributed by atoms with Crippen LogP contribution in [0.15, 0.2) is 42.7 Å². The molecule has 0 bridgehead atoms. The van der Waals surface area contributed by atoms with E-state index in [0.29, 0.717) is 5.56 Å². The van der Waals surface area contributed by atoms with E-state index in [9.17, 15) is 24.5 Å². The van der Waals surface area contributed by atoms with Crippen molar-refractivity contribution in [1.82, 2.24) is 15.2 Å². The predicted molar refractivity (Wildman–Crippen MR) is 111 cm³/mol. The minimum atomic E-state index is -0.693. The first-order valence-corrected chi connectivity index (χ1v) is 9.94. The number of hydrogen-bond donors (Lipinski definition) is 1. The van der Waals surface area contributed by atoms with E-state index in [4.69, 9.17) is 9.47 Å². The zero-order valence-electron chi connectivity index (χ0n) is 17.4. The number of fused-ring (bicyclic) bond motifs is 1.